The lowest BCUT2D eigenvalue weighted by molar-refractivity contribution is 0.316. The molecule has 8 nitrogen and oxygen atoms in total. The average Bonchev–Trinajstić information content (AvgIpc) is 2.97. The fourth-order valence-corrected chi connectivity index (χ4v) is 1.85. The predicted octanol–water partition coefficient (Wildman–Crippen LogP) is 0.859. The summed E-state index contributed by atoms with van der Waals surface area (Å²) in [6.07, 6.45) is 2.91. The first-order valence-corrected chi connectivity index (χ1v) is 6.83. The van der Waals surface area contributed by atoms with Crippen LogP contribution in [0.25, 0.3) is 5.95 Å². The smallest absolute Gasteiger partial charge is 0.258 e. The summed E-state index contributed by atoms with van der Waals surface area (Å²) in [6, 6.07) is 0. The summed E-state index contributed by atoms with van der Waals surface area (Å²) in [4.78, 5) is 18.4. The Morgan fingerprint density at radius 2 is 2.05 bits per heavy atom. The van der Waals surface area contributed by atoms with Crippen LogP contribution in [0, 0.1) is 0 Å². The Morgan fingerprint density at radius 1 is 1.25 bits per heavy atom. The van der Waals surface area contributed by atoms with Crippen molar-refractivity contribution >= 4 is 17.5 Å². The minimum atomic E-state index is 0.121. The number of likely N-dealkylation sites (N-methyl/N-ethyl adjacent to an activating group) is 1. The van der Waals surface area contributed by atoms with Gasteiger partial charge in [0.2, 0.25) is 11.2 Å². The van der Waals surface area contributed by atoms with Crippen LogP contribution >= 0.6 is 11.6 Å². The van der Waals surface area contributed by atoms with Crippen LogP contribution in [-0.2, 0) is 0 Å². The molecule has 0 atom stereocenters. The Hall–Kier alpha value is -1.80. The van der Waals surface area contributed by atoms with Crippen molar-refractivity contribution in [2.45, 2.75) is 13.8 Å². The molecule has 2 aromatic heterocycles. The van der Waals surface area contributed by atoms with E-state index in [9.17, 15) is 0 Å². The number of anilines is 1. The third-order valence-corrected chi connectivity index (χ3v) is 2.99. The number of halogens is 1. The standard InChI is InChI=1S/C11H17ClN8/c1-3-19(4-2)6-5-14-10-16-9(12)17-11(18-10)20-8-13-7-15-20/h7-8H,3-6H2,1-2H3,(H,14,16,17,18). The topological polar surface area (TPSA) is 84.6 Å². The zero-order valence-electron chi connectivity index (χ0n) is 11.5. The Balaban J connectivity index is 2.02. The molecule has 0 spiro atoms. The van der Waals surface area contributed by atoms with Crippen molar-refractivity contribution in [3.63, 3.8) is 0 Å². The second-order valence-electron chi connectivity index (χ2n) is 4.02. The molecule has 9 heteroatoms. The van der Waals surface area contributed by atoms with Gasteiger partial charge in [-0.25, -0.2) is 4.98 Å². The van der Waals surface area contributed by atoms with Gasteiger partial charge in [0.1, 0.15) is 12.7 Å². The molecule has 1 N–H and O–H groups in total. The van der Waals surface area contributed by atoms with E-state index in [1.807, 2.05) is 0 Å². The molecule has 0 bridgehead atoms. The molecule has 0 aliphatic carbocycles. The average molecular weight is 297 g/mol. The summed E-state index contributed by atoms with van der Waals surface area (Å²) >= 11 is 5.89. The highest BCUT2D eigenvalue weighted by Gasteiger charge is 2.07. The van der Waals surface area contributed by atoms with E-state index in [1.54, 1.807) is 0 Å². The van der Waals surface area contributed by atoms with E-state index in [-0.39, 0.29) is 5.28 Å². The van der Waals surface area contributed by atoms with Crippen molar-refractivity contribution in [3.8, 4) is 5.95 Å². The Bertz CT molecular complexity index is 525. The zero-order valence-corrected chi connectivity index (χ0v) is 12.2. The molecular formula is C11H17ClN8. The van der Waals surface area contributed by atoms with Crippen molar-refractivity contribution in [3.05, 3.63) is 17.9 Å². The predicted molar refractivity (Wildman–Crippen MR) is 76.0 cm³/mol. The van der Waals surface area contributed by atoms with E-state index in [2.05, 4.69) is 49.1 Å². The molecule has 0 aliphatic rings. The maximum absolute atomic E-state index is 5.89. The van der Waals surface area contributed by atoms with Crippen LogP contribution in [0.2, 0.25) is 5.28 Å². The van der Waals surface area contributed by atoms with E-state index in [0.717, 1.165) is 26.2 Å². The highest BCUT2D eigenvalue weighted by molar-refractivity contribution is 6.28. The van der Waals surface area contributed by atoms with E-state index in [0.29, 0.717) is 11.9 Å². The molecule has 2 heterocycles. The first-order chi connectivity index (χ1) is 9.72. The molecule has 0 saturated carbocycles. The molecule has 0 aromatic carbocycles. The van der Waals surface area contributed by atoms with Crippen LogP contribution in [0.5, 0.6) is 0 Å². The molecule has 2 rings (SSSR count). The highest BCUT2D eigenvalue weighted by Crippen LogP contribution is 2.08. The fraction of sp³-hybridized carbons (Fsp3) is 0.545. The van der Waals surface area contributed by atoms with E-state index in [1.165, 1.54) is 17.3 Å². The number of aromatic nitrogens is 6. The summed E-state index contributed by atoms with van der Waals surface area (Å²) in [6.45, 7) is 7.94. The molecule has 2 aromatic rings. The van der Waals surface area contributed by atoms with Gasteiger partial charge in [-0.2, -0.15) is 24.7 Å². The molecule has 0 unspecified atom stereocenters. The highest BCUT2D eigenvalue weighted by atomic mass is 35.5. The van der Waals surface area contributed by atoms with E-state index in [4.69, 9.17) is 11.6 Å². The molecule has 0 fully saturated rings. The monoisotopic (exact) mass is 296 g/mol. The summed E-state index contributed by atoms with van der Waals surface area (Å²) in [5, 5.41) is 7.22. The summed E-state index contributed by atoms with van der Waals surface area (Å²) in [5.74, 6) is 0.774. The van der Waals surface area contributed by atoms with Crippen LogP contribution in [0.15, 0.2) is 12.7 Å². The lowest BCUT2D eigenvalue weighted by Gasteiger charge is -2.17. The van der Waals surface area contributed by atoms with Gasteiger partial charge in [-0.15, -0.1) is 0 Å². The van der Waals surface area contributed by atoms with Gasteiger partial charge in [-0.1, -0.05) is 13.8 Å². The maximum Gasteiger partial charge on any atom is 0.258 e. The Labute approximate surface area is 122 Å². The molecule has 0 radical (unpaired) electrons. The molecular weight excluding hydrogens is 280 g/mol. The quantitative estimate of drug-likeness (QED) is 0.811. The number of nitrogens with one attached hydrogen (secondary N) is 1. The summed E-state index contributed by atoms with van der Waals surface area (Å²) < 4.78 is 1.43. The lowest BCUT2D eigenvalue weighted by atomic mass is 10.4. The molecule has 108 valence electrons. The van der Waals surface area contributed by atoms with Crippen LogP contribution < -0.4 is 5.32 Å². The van der Waals surface area contributed by atoms with E-state index < -0.39 is 0 Å². The van der Waals surface area contributed by atoms with Gasteiger partial charge >= 0.3 is 0 Å². The molecule has 0 aliphatic heterocycles. The number of hydrogen-bond acceptors (Lipinski definition) is 7. The fourth-order valence-electron chi connectivity index (χ4n) is 1.70. The normalized spacial score (nSPS) is 11.0. The van der Waals surface area contributed by atoms with Gasteiger partial charge in [0.05, 0.1) is 0 Å². The van der Waals surface area contributed by atoms with E-state index >= 15 is 0 Å². The van der Waals surface area contributed by atoms with Crippen molar-refractivity contribution in [1.29, 1.82) is 0 Å². The minimum absolute atomic E-state index is 0.121. The van der Waals surface area contributed by atoms with Crippen molar-refractivity contribution in [2.24, 2.45) is 0 Å². The Morgan fingerprint density at radius 3 is 2.70 bits per heavy atom. The first-order valence-electron chi connectivity index (χ1n) is 6.45. The van der Waals surface area contributed by atoms with Gasteiger partial charge in [0.25, 0.3) is 5.95 Å². The van der Waals surface area contributed by atoms with Gasteiger partial charge in [-0.3, -0.25) is 0 Å². The molecule has 20 heavy (non-hydrogen) atoms. The number of nitrogens with zero attached hydrogens (tertiary/aromatic N) is 7. The van der Waals surface area contributed by atoms with Gasteiger partial charge in [-0.05, 0) is 24.7 Å². The van der Waals surface area contributed by atoms with Crippen molar-refractivity contribution in [1.82, 2.24) is 34.6 Å². The maximum atomic E-state index is 5.89. The minimum Gasteiger partial charge on any atom is -0.353 e. The SMILES string of the molecule is CCN(CC)CCNc1nc(Cl)nc(-n2cncn2)n1. The lowest BCUT2D eigenvalue weighted by Crippen LogP contribution is -2.29. The summed E-state index contributed by atoms with van der Waals surface area (Å²) in [7, 11) is 0. The zero-order chi connectivity index (χ0) is 14.4. The van der Waals surface area contributed by atoms with Crippen molar-refractivity contribution in [2.75, 3.05) is 31.5 Å². The third-order valence-electron chi connectivity index (χ3n) is 2.83. The van der Waals surface area contributed by atoms with Crippen LogP contribution in [0.3, 0.4) is 0 Å². The van der Waals surface area contributed by atoms with Crippen LogP contribution in [0.4, 0.5) is 5.95 Å². The molecule has 0 amide bonds. The summed E-state index contributed by atoms with van der Waals surface area (Å²) in [5.41, 5.74) is 0. The second kappa shape index (κ2) is 7.11. The van der Waals surface area contributed by atoms with Gasteiger partial charge in [0.15, 0.2) is 0 Å². The third kappa shape index (κ3) is 3.84. The van der Waals surface area contributed by atoms with Crippen LogP contribution in [-0.4, -0.2) is 60.8 Å². The van der Waals surface area contributed by atoms with Gasteiger partial charge < -0.3 is 10.2 Å². The largest absolute Gasteiger partial charge is 0.353 e. The number of rotatable bonds is 7. The Kier molecular flexibility index (Phi) is 5.19. The van der Waals surface area contributed by atoms with Crippen LogP contribution in [0.1, 0.15) is 13.8 Å². The first kappa shape index (κ1) is 14.6. The second-order valence-corrected chi connectivity index (χ2v) is 4.36. The molecule has 0 saturated heterocycles. The van der Waals surface area contributed by atoms with Gasteiger partial charge in [0, 0.05) is 13.1 Å². The number of hydrogen-bond donors (Lipinski definition) is 1. The van der Waals surface area contributed by atoms with Crippen molar-refractivity contribution < 1.29 is 0 Å².